The summed E-state index contributed by atoms with van der Waals surface area (Å²) < 4.78 is 0. The third-order valence-corrected chi connectivity index (χ3v) is 3.47. The second kappa shape index (κ2) is 6.20. The average molecular weight is 263 g/mol. The highest BCUT2D eigenvalue weighted by atomic mass is 16.4. The summed E-state index contributed by atoms with van der Waals surface area (Å²) in [4.78, 5) is 12.8. The minimum Gasteiger partial charge on any atom is -0.481 e. The van der Waals surface area contributed by atoms with Crippen LogP contribution in [0.4, 0.5) is 0 Å². The van der Waals surface area contributed by atoms with Gasteiger partial charge in [0.25, 0.3) is 0 Å². The normalized spacial score (nSPS) is 13.6. The molecule has 0 aliphatic heterocycles. The first-order valence-electron chi connectivity index (χ1n) is 6.71. The number of carboxylic acids is 1. The number of benzene rings is 1. The zero-order valence-corrected chi connectivity index (χ0v) is 12.6. The van der Waals surface area contributed by atoms with Crippen molar-refractivity contribution in [3.63, 3.8) is 0 Å². The van der Waals surface area contributed by atoms with Gasteiger partial charge in [0, 0.05) is 12.6 Å². The smallest absolute Gasteiger partial charge is 0.304 e. The summed E-state index contributed by atoms with van der Waals surface area (Å²) in [5, 5.41) is 8.80. The van der Waals surface area contributed by atoms with Crippen LogP contribution < -0.4 is 0 Å². The first-order valence-corrected chi connectivity index (χ1v) is 6.71. The Kier molecular flexibility index (Phi) is 5.12. The Balaban J connectivity index is 2.65. The molecule has 0 spiro atoms. The summed E-state index contributed by atoms with van der Waals surface area (Å²) in [6.45, 7) is 9.31. The van der Waals surface area contributed by atoms with Crippen LogP contribution in [0.5, 0.6) is 0 Å². The molecule has 0 fully saturated rings. The van der Waals surface area contributed by atoms with E-state index in [1.807, 2.05) is 14.0 Å². The van der Waals surface area contributed by atoms with E-state index in [0.29, 0.717) is 0 Å². The van der Waals surface area contributed by atoms with E-state index in [2.05, 4.69) is 49.9 Å². The molecule has 0 bridgehead atoms. The average Bonchev–Trinajstić information content (AvgIpc) is 2.27. The highest BCUT2D eigenvalue weighted by Crippen LogP contribution is 2.22. The van der Waals surface area contributed by atoms with E-state index in [1.54, 1.807) is 0 Å². The van der Waals surface area contributed by atoms with Gasteiger partial charge in [0.2, 0.25) is 0 Å². The van der Waals surface area contributed by atoms with Crippen molar-refractivity contribution in [3.8, 4) is 0 Å². The number of hydrogen-bond donors (Lipinski definition) is 1. The van der Waals surface area contributed by atoms with Crippen molar-refractivity contribution < 1.29 is 9.90 Å². The molecule has 1 unspecified atom stereocenters. The molecule has 19 heavy (non-hydrogen) atoms. The molecule has 0 saturated heterocycles. The van der Waals surface area contributed by atoms with E-state index in [4.69, 9.17) is 5.11 Å². The maximum Gasteiger partial charge on any atom is 0.304 e. The van der Waals surface area contributed by atoms with Gasteiger partial charge in [-0.1, -0.05) is 45.0 Å². The molecule has 3 nitrogen and oxygen atoms in total. The fraction of sp³-hybridized carbons (Fsp3) is 0.562. The monoisotopic (exact) mass is 263 g/mol. The van der Waals surface area contributed by atoms with Crippen molar-refractivity contribution in [3.05, 3.63) is 35.4 Å². The minimum atomic E-state index is -0.748. The number of nitrogens with zero attached hydrogens (tertiary/aromatic N) is 1. The van der Waals surface area contributed by atoms with Crippen molar-refractivity contribution in [2.24, 2.45) is 0 Å². The Bertz CT molecular complexity index is 417. The largest absolute Gasteiger partial charge is 0.481 e. The molecule has 0 aromatic heterocycles. The molecule has 0 amide bonds. The van der Waals surface area contributed by atoms with Gasteiger partial charge in [-0.05, 0) is 30.5 Å². The standard InChI is InChI=1S/C16H25NO2/c1-12(10-15(18)19)17(5)11-13-6-8-14(9-7-13)16(2,3)4/h6-9,12H,10-11H2,1-5H3,(H,18,19). The molecule has 0 saturated carbocycles. The van der Waals surface area contributed by atoms with Gasteiger partial charge in [0.15, 0.2) is 0 Å². The zero-order valence-electron chi connectivity index (χ0n) is 12.6. The first-order chi connectivity index (χ1) is 8.70. The van der Waals surface area contributed by atoms with Crippen molar-refractivity contribution in [2.45, 2.75) is 52.1 Å². The number of hydrogen-bond acceptors (Lipinski definition) is 2. The molecule has 1 N–H and O–H groups in total. The molecule has 106 valence electrons. The molecule has 0 aliphatic rings. The zero-order chi connectivity index (χ0) is 14.6. The van der Waals surface area contributed by atoms with Crippen LogP contribution in [-0.4, -0.2) is 29.1 Å². The summed E-state index contributed by atoms with van der Waals surface area (Å²) in [6.07, 6.45) is 0.177. The van der Waals surface area contributed by atoms with E-state index in [9.17, 15) is 4.79 Å². The van der Waals surface area contributed by atoms with Gasteiger partial charge >= 0.3 is 5.97 Å². The Morgan fingerprint density at radius 1 is 1.26 bits per heavy atom. The summed E-state index contributed by atoms with van der Waals surface area (Å²) >= 11 is 0. The van der Waals surface area contributed by atoms with Crippen LogP contribution in [0.3, 0.4) is 0 Å². The third-order valence-electron chi connectivity index (χ3n) is 3.47. The minimum absolute atomic E-state index is 0.0415. The second-order valence-corrected chi connectivity index (χ2v) is 6.31. The molecule has 1 rings (SSSR count). The summed E-state index contributed by atoms with van der Waals surface area (Å²) in [7, 11) is 1.96. The Labute approximate surface area is 116 Å². The van der Waals surface area contributed by atoms with Gasteiger partial charge in [-0.3, -0.25) is 9.69 Å². The first kappa shape index (κ1) is 15.7. The molecule has 1 aromatic carbocycles. The van der Waals surface area contributed by atoms with E-state index in [1.165, 1.54) is 11.1 Å². The van der Waals surface area contributed by atoms with Crippen molar-refractivity contribution in [1.82, 2.24) is 4.90 Å². The van der Waals surface area contributed by atoms with E-state index in [0.717, 1.165) is 6.54 Å². The van der Waals surface area contributed by atoms with Gasteiger partial charge in [-0.2, -0.15) is 0 Å². The highest BCUT2D eigenvalue weighted by Gasteiger charge is 2.15. The lowest BCUT2D eigenvalue weighted by molar-refractivity contribution is -0.138. The summed E-state index contributed by atoms with van der Waals surface area (Å²) in [5.74, 6) is -0.748. The Hall–Kier alpha value is -1.35. The fourth-order valence-electron chi connectivity index (χ4n) is 1.96. The van der Waals surface area contributed by atoms with E-state index in [-0.39, 0.29) is 17.9 Å². The molecule has 1 aromatic rings. The van der Waals surface area contributed by atoms with Gasteiger partial charge in [-0.25, -0.2) is 0 Å². The van der Waals surface area contributed by atoms with Gasteiger partial charge in [0.1, 0.15) is 0 Å². The molecular formula is C16H25NO2. The number of carbonyl (C=O) groups is 1. The van der Waals surface area contributed by atoms with Crippen molar-refractivity contribution in [1.29, 1.82) is 0 Å². The van der Waals surface area contributed by atoms with Gasteiger partial charge < -0.3 is 5.11 Å². The van der Waals surface area contributed by atoms with Gasteiger partial charge in [0.05, 0.1) is 6.42 Å². The molecule has 0 radical (unpaired) electrons. The maximum absolute atomic E-state index is 10.7. The van der Waals surface area contributed by atoms with Crippen LogP contribution in [0.15, 0.2) is 24.3 Å². The van der Waals surface area contributed by atoms with Crippen LogP contribution in [0.1, 0.15) is 45.2 Å². The second-order valence-electron chi connectivity index (χ2n) is 6.31. The highest BCUT2D eigenvalue weighted by molar-refractivity contribution is 5.67. The van der Waals surface area contributed by atoms with Crippen molar-refractivity contribution in [2.75, 3.05) is 7.05 Å². The van der Waals surface area contributed by atoms with Crippen molar-refractivity contribution >= 4 is 5.97 Å². The predicted octanol–water partition coefficient (Wildman–Crippen LogP) is 3.28. The van der Waals surface area contributed by atoms with Crippen LogP contribution in [0, 0.1) is 0 Å². The van der Waals surface area contributed by atoms with E-state index >= 15 is 0 Å². The lowest BCUT2D eigenvalue weighted by atomic mass is 9.87. The maximum atomic E-state index is 10.7. The number of aliphatic carboxylic acids is 1. The van der Waals surface area contributed by atoms with Crippen LogP contribution in [0.25, 0.3) is 0 Å². The Morgan fingerprint density at radius 2 is 1.79 bits per heavy atom. The lowest BCUT2D eigenvalue weighted by Crippen LogP contribution is -2.30. The van der Waals surface area contributed by atoms with Gasteiger partial charge in [-0.15, -0.1) is 0 Å². The lowest BCUT2D eigenvalue weighted by Gasteiger charge is -2.24. The topological polar surface area (TPSA) is 40.5 Å². The quantitative estimate of drug-likeness (QED) is 0.886. The third kappa shape index (κ3) is 5.03. The molecule has 3 heteroatoms. The fourth-order valence-corrected chi connectivity index (χ4v) is 1.96. The number of carboxylic acid groups (broad SMARTS) is 1. The molecular weight excluding hydrogens is 238 g/mol. The Morgan fingerprint density at radius 3 is 2.21 bits per heavy atom. The number of rotatable bonds is 5. The van der Waals surface area contributed by atoms with E-state index < -0.39 is 5.97 Å². The predicted molar refractivity (Wildman–Crippen MR) is 78.3 cm³/mol. The van der Waals surface area contributed by atoms with Crippen LogP contribution in [0.2, 0.25) is 0 Å². The summed E-state index contributed by atoms with van der Waals surface area (Å²) in [6, 6.07) is 8.62. The molecule has 0 heterocycles. The molecule has 1 atom stereocenters. The van der Waals surface area contributed by atoms with Crippen LogP contribution in [-0.2, 0) is 16.8 Å². The summed E-state index contributed by atoms with van der Waals surface area (Å²) in [5.41, 5.74) is 2.70. The molecule has 0 aliphatic carbocycles. The van der Waals surface area contributed by atoms with Crippen LogP contribution >= 0.6 is 0 Å². The SMILES string of the molecule is CC(CC(=O)O)N(C)Cc1ccc(C(C)(C)C)cc1.